The summed E-state index contributed by atoms with van der Waals surface area (Å²) in [5.74, 6) is 0.650. The molecule has 4 nitrogen and oxygen atoms in total. The van der Waals surface area contributed by atoms with Gasteiger partial charge >= 0.3 is 0 Å². The van der Waals surface area contributed by atoms with Crippen LogP contribution in [0.5, 0.6) is 0 Å². The lowest BCUT2D eigenvalue weighted by atomic mass is 10.1. The smallest absolute Gasteiger partial charge is 0.237 e. The van der Waals surface area contributed by atoms with Gasteiger partial charge in [-0.05, 0) is 32.1 Å². The number of carbonyl (C=O) groups is 1. The molecule has 1 aliphatic rings. The number of likely N-dealkylation sites (tertiary alicyclic amines) is 1. The Bertz CT molecular complexity index is 296. The highest BCUT2D eigenvalue weighted by atomic mass is 16.2. The topological polar surface area (TPSA) is 56.1 Å². The molecule has 1 heterocycles. The lowest BCUT2D eigenvalue weighted by molar-refractivity contribution is -0.125. The molecule has 2 atom stereocenters. The molecule has 1 saturated heterocycles. The Morgan fingerprint density at radius 2 is 2.24 bits per heavy atom. The van der Waals surface area contributed by atoms with E-state index in [-0.39, 0.29) is 18.0 Å². The van der Waals surface area contributed by atoms with Gasteiger partial charge in [0.15, 0.2) is 0 Å². The minimum absolute atomic E-state index is 0.0489. The molecule has 1 amide bonds. The lowest BCUT2D eigenvalue weighted by Crippen LogP contribution is -2.47. The molecule has 2 unspecified atom stereocenters. The molecule has 1 aliphatic heterocycles. The zero-order chi connectivity index (χ0) is 12.8. The van der Waals surface area contributed by atoms with Crippen molar-refractivity contribution in [3.05, 3.63) is 0 Å². The van der Waals surface area contributed by atoms with Crippen LogP contribution in [0.3, 0.4) is 0 Å². The summed E-state index contributed by atoms with van der Waals surface area (Å²) < 4.78 is 0. The normalized spacial score (nSPS) is 22.4. The summed E-state index contributed by atoms with van der Waals surface area (Å²) in [5.41, 5.74) is 0. The Kier molecular flexibility index (Phi) is 5.43. The van der Waals surface area contributed by atoms with Gasteiger partial charge in [-0.2, -0.15) is 5.26 Å². The van der Waals surface area contributed by atoms with Gasteiger partial charge in [0.1, 0.15) is 0 Å². The van der Waals surface area contributed by atoms with E-state index in [1.165, 1.54) is 0 Å². The van der Waals surface area contributed by atoms with Crippen molar-refractivity contribution in [1.82, 2.24) is 10.2 Å². The molecule has 0 aliphatic carbocycles. The maximum Gasteiger partial charge on any atom is 0.237 e. The molecular weight excluding hydrogens is 214 g/mol. The molecule has 0 bridgehead atoms. The van der Waals surface area contributed by atoms with Gasteiger partial charge in [0.2, 0.25) is 5.91 Å². The number of hydrogen-bond donors (Lipinski definition) is 1. The number of nitriles is 1. The summed E-state index contributed by atoms with van der Waals surface area (Å²) in [4.78, 5) is 13.9. The maximum atomic E-state index is 11.9. The number of nitrogens with zero attached hydrogens (tertiary/aromatic N) is 2. The Hall–Kier alpha value is -1.08. The average Bonchev–Trinajstić information content (AvgIpc) is 2.75. The van der Waals surface area contributed by atoms with Crippen molar-refractivity contribution < 1.29 is 4.79 Å². The fourth-order valence-electron chi connectivity index (χ4n) is 2.17. The second kappa shape index (κ2) is 6.61. The zero-order valence-corrected chi connectivity index (χ0v) is 11.1. The highest BCUT2D eigenvalue weighted by Crippen LogP contribution is 2.19. The molecule has 96 valence electrons. The van der Waals surface area contributed by atoms with Crippen LogP contribution < -0.4 is 5.32 Å². The van der Waals surface area contributed by atoms with E-state index in [0.717, 1.165) is 32.4 Å². The number of amides is 1. The van der Waals surface area contributed by atoms with Gasteiger partial charge in [0.25, 0.3) is 0 Å². The van der Waals surface area contributed by atoms with Crippen molar-refractivity contribution >= 4 is 5.91 Å². The predicted octanol–water partition coefficient (Wildman–Crippen LogP) is 1.53. The van der Waals surface area contributed by atoms with E-state index in [4.69, 9.17) is 5.26 Å². The van der Waals surface area contributed by atoms with E-state index in [9.17, 15) is 4.79 Å². The van der Waals surface area contributed by atoms with Gasteiger partial charge in [0.05, 0.1) is 18.2 Å². The van der Waals surface area contributed by atoms with Crippen LogP contribution in [0.1, 0.15) is 40.0 Å². The second-order valence-corrected chi connectivity index (χ2v) is 5.17. The summed E-state index contributed by atoms with van der Waals surface area (Å²) >= 11 is 0. The van der Waals surface area contributed by atoms with Crippen LogP contribution in [0, 0.1) is 17.2 Å². The summed E-state index contributed by atoms with van der Waals surface area (Å²) in [6.45, 7) is 7.76. The third-order valence-corrected chi connectivity index (χ3v) is 3.34. The first-order chi connectivity index (χ1) is 8.06. The first kappa shape index (κ1) is 14.0. The van der Waals surface area contributed by atoms with E-state index >= 15 is 0 Å². The molecule has 0 spiro atoms. The minimum atomic E-state index is -0.186. The van der Waals surface area contributed by atoms with Crippen molar-refractivity contribution in [2.24, 2.45) is 5.92 Å². The molecule has 0 aromatic heterocycles. The number of carbonyl (C=O) groups excluding carboxylic acids is 1. The van der Waals surface area contributed by atoms with Crippen molar-refractivity contribution in [2.75, 3.05) is 13.1 Å². The van der Waals surface area contributed by atoms with Crippen LogP contribution in [0.25, 0.3) is 0 Å². The largest absolute Gasteiger partial charge is 0.355 e. The lowest BCUT2D eigenvalue weighted by Gasteiger charge is -2.25. The molecule has 17 heavy (non-hydrogen) atoms. The van der Waals surface area contributed by atoms with Crippen LogP contribution in [-0.4, -0.2) is 36.0 Å². The fraction of sp³-hybridized carbons (Fsp3) is 0.846. The first-order valence-corrected chi connectivity index (χ1v) is 6.49. The van der Waals surface area contributed by atoms with Crippen LogP contribution in [0.2, 0.25) is 0 Å². The molecule has 0 radical (unpaired) electrons. The quantitative estimate of drug-likeness (QED) is 0.789. The SMILES string of the molecule is CC(C)CCNC(=O)C(C)N1CCCC1C#N. The van der Waals surface area contributed by atoms with E-state index in [1.54, 1.807) is 0 Å². The van der Waals surface area contributed by atoms with Gasteiger partial charge < -0.3 is 5.32 Å². The standard InChI is InChI=1S/C13H23N3O/c1-10(2)6-7-15-13(17)11(3)16-8-4-5-12(16)9-14/h10-12H,4-8H2,1-3H3,(H,15,17). The number of rotatable bonds is 5. The molecule has 1 rings (SSSR count). The summed E-state index contributed by atoms with van der Waals surface area (Å²) in [6, 6.07) is 2.00. The Balaban J connectivity index is 2.38. The van der Waals surface area contributed by atoms with Crippen molar-refractivity contribution in [2.45, 2.75) is 52.1 Å². The van der Waals surface area contributed by atoms with Crippen molar-refractivity contribution in [1.29, 1.82) is 5.26 Å². The predicted molar refractivity (Wildman–Crippen MR) is 67.3 cm³/mol. The highest BCUT2D eigenvalue weighted by molar-refractivity contribution is 5.81. The molecule has 1 N–H and O–H groups in total. The maximum absolute atomic E-state index is 11.9. The third-order valence-electron chi connectivity index (χ3n) is 3.34. The third kappa shape index (κ3) is 4.01. The van der Waals surface area contributed by atoms with Gasteiger partial charge in [-0.1, -0.05) is 13.8 Å². The molecule has 0 saturated carbocycles. The van der Waals surface area contributed by atoms with Gasteiger partial charge in [-0.25, -0.2) is 0 Å². The van der Waals surface area contributed by atoms with E-state index in [0.29, 0.717) is 5.92 Å². The van der Waals surface area contributed by atoms with Crippen molar-refractivity contribution in [3.63, 3.8) is 0 Å². The van der Waals surface area contributed by atoms with Gasteiger partial charge in [-0.15, -0.1) is 0 Å². The summed E-state index contributed by atoms with van der Waals surface area (Å²) in [7, 11) is 0. The van der Waals surface area contributed by atoms with Crippen LogP contribution in [0.4, 0.5) is 0 Å². The van der Waals surface area contributed by atoms with E-state index < -0.39 is 0 Å². The summed E-state index contributed by atoms with van der Waals surface area (Å²) in [6.07, 6.45) is 2.90. The monoisotopic (exact) mass is 237 g/mol. The van der Waals surface area contributed by atoms with Crippen LogP contribution >= 0.6 is 0 Å². The van der Waals surface area contributed by atoms with Crippen LogP contribution in [-0.2, 0) is 4.79 Å². The molecule has 0 aromatic rings. The molecule has 1 fully saturated rings. The number of hydrogen-bond acceptors (Lipinski definition) is 3. The van der Waals surface area contributed by atoms with Gasteiger partial charge in [-0.3, -0.25) is 9.69 Å². The molecular formula is C13H23N3O. The highest BCUT2D eigenvalue weighted by Gasteiger charge is 2.31. The molecule has 0 aromatic carbocycles. The Labute approximate surface area is 104 Å². The second-order valence-electron chi connectivity index (χ2n) is 5.17. The van der Waals surface area contributed by atoms with Crippen molar-refractivity contribution in [3.8, 4) is 6.07 Å². The molecule has 4 heteroatoms. The minimum Gasteiger partial charge on any atom is -0.355 e. The zero-order valence-electron chi connectivity index (χ0n) is 11.1. The van der Waals surface area contributed by atoms with E-state index in [2.05, 4.69) is 25.2 Å². The van der Waals surface area contributed by atoms with Crippen LogP contribution in [0.15, 0.2) is 0 Å². The fourth-order valence-corrected chi connectivity index (χ4v) is 2.17. The Morgan fingerprint density at radius 3 is 2.82 bits per heavy atom. The van der Waals surface area contributed by atoms with Gasteiger partial charge in [0, 0.05) is 13.1 Å². The number of nitrogens with one attached hydrogen (secondary N) is 1. The average molecular weight is 237 g/mol. The first-order valence-electron chi connectivity index (χ1n) is 6.49. The Morgan fingerprint density at radius 1 is 1.53 bits per heavy atom. The van der Waals surface area contributed by atoms with E-state index in [1.807, 2.05) is 11.8 Å². The summed E-state index contributed by atoms with van der Waals surface area (Å²) in [5, 5.41) is 11.9.